The van der Waals surface area contributed by atoms with Crippen LogP contribution < -0.4 is 0 Å². The van der Waals surface area contributed by atoms with E-state index in [2.05, 4.69) is 4.98 Å². The molecule has 0 saturated carbocycles. The summed E-state index contributed by atoms with van der Waals surface area (Å²) in [5.41, 5.74) is 1.54. The Kier molecular flexibility index (Phi) is 5.32. The summed E-state index contributed by atoms with van der Waals surface area (Å²) < 4.78 is 1.82. The monoisotopic (exact) mass is 409 g/mol. The zero-order chi connectivity index (χ0) is 21.4. The maximum atomic E-state index is 13.4. The number of carbonyl (C=O) groups excluding carboxylic acids is 3. The van der Waals surface area contributed by atoms with E-state index in [1.54, 1.807) is 35.0 Å². The fourth-order valence-electron chi connectivity index (χ4n) is 4.48. The fourth-order valence-corrected chi connectivity index (χ4v) is 4.48. The largest absolute Gasteiger partial charge is 0.340 e. The molecule has 8 heteroatoms. The molecule has 0 radical (unpaired) electrons. The summed E-state index contributed by atoms with van der Waals surface area (Å²) in [5.74, 6) is -0.310. The molecule has 158 valence electrons. The van der Waals surface area contributed by atoms with Crippen LogP contribution in [0.1, 0.15) is 46.4 Å². The van der Waals surface area contributed by atoms with Crippen LogP contribution in [0, 0.1) is 5.92 Å². The number of carbonyl (C=O) groups is 3. The van der Waals surface area contributed by atoms with Crippen LogP contribution in [0.4, 0.5) is 0 Å². The van der Waals surface area contributed by atoms with E-state index >= 15 is 0 Å². The highest BCUT2D eigenvalue weighted by Crippen LogP contribution is 2.34. The first-order valence-corrected chi connectivity index (χ1v) is 10.3. The lowest BCUT2D eigenvalue weighted by Gasteiger charge is -2.22. The number of amides is 3. The minimum Gasteiger partial charge on any atom is -0.340 e. The Balaban J connectivity index is 1.68. The summed E-state index contributed by atoms with van der Waals surface area (Å²) in [4.78, 5) is 48.0. The van der Waals surface area contributed by atoms with Crippen molar-refractivity contribution in [2.24, 2.45) is 5.92 Å². The molecule has 1 aromatic carbocycles. The lowest BCUT2D eigenvalue weighted by Crippen LogP contribution is -2.35. The Labute approximate surface area is 176 Å². The standard InChI is InChI=1S/C22H27N5O3/c1-4-25(10-16-8-6-5-7-9-16)21(29)19-20-22(30)24(3)11-17-12-26(15(2)28)13-18(17)27(20)14-23-19/h5-9,14,17-18H,4,10-13H2,1-3H3/t17-,18+/m1/s1. The van der Waals surface area contributed by atoms with Crippen molar-refractivity contribution in [3.63, 3.8) is 0 Å². The number of rotatable bonds is 4. The van der Waals surface area contributed by atoms with E-state index in [0.29, 0.717) is 38.4 Å². The van der Waals surface area contributed by atoms with E-state index in [9.17, 15) is 14.4 Å². The third-order valence-electron chi connectivity index (χ3n) is 6.15. The van der Waals surface area contributed by atoms with Crippen LogP contribution in [0.25, 0.3) is 0 Å². The van der Waals surface area contributed by atoms with Gasteiger partial charge in [0.15, 0.2) is 5.69 Å². The molecule has 2 atom stereocenters. The number of likely N-dealkylation sites (tertiary alicyclic amines) is 1. The average molecular weight is 409 g/mol. The Morgan fingerprint density at radius 2 is 1.90 bits per heavy atom. The molecule has 1 fully saturated rings. The van der Waals surface area contributed by atoms with Crippen LogP contribution in [-0.2, 0) is 11.3 Å². The highest BCUT2D eigenvalue weighted by Gasteiger charge is 2.42. The second kappa shape index (κ2) is 7.93. The molecule has 2 aromatic rings. The summed E-state index contributed by atoms with van der Waals surface area (Å²) in [7, 11) is 1.74. The topological polar surface area (TPSA) is 78.8 Å². The highest BCUT2D eigenvalue weighted by atomic mass is 16.2. The minimum absolute atomic E-state index is 0.0232. The number of fused-ring (bicyclic) bond motifs is 3. The predicted molar refractivity (Wildman–Crippen MR) is 111 cm³/mol. The SMILES string of the molecule is CCN(Cc1ccccc1)C(=O)c1ncn2c1C(=O)N(C)C[C@@H]1CN(C(C)=O)C[C@@H]12. The molecule has 1 saturated heterocycles. The maximum Gasteiger partial charge on any atom is 0.275 e. The molecule has 0 N–H and O–H groups in total. The second-order valence-electron chi connectivity index (χ2n) is 8.09. The number of hydrogen-bond acceptors (Lipinski definition) is 4. The smallest absolute Gasteiger partial charge is 0.275 e. The molecule has 1 aromatic heterocycles. The number of benzene rings is 1. The van der Waals surface area contributed by atoms with Gasteiger partial charge in [-0.15, -0.1) is 0 Å². The molecule has 30 heavy (non-hydrogen) atoms. The molecule has 2 aliphatic rings. The van der Waals surface area contributed by atoms with E-state index in [1.807, 2.05) is 41.8 Å². The Hall–Kier alpha value is -3.16. The van der Waals surface area contributed by atoms with Gasteiger partial charge in [0.25, 0.3) is 11.8 Å². The fraction of sp³-hybridized carbons (Fsp3) is 0.455. The van der Waals surface area contributed by atoms with Gasteiger partial charge in [0.2, 0.25) is 5.91 Å². The van der Waals surface area contributed by atoms with E-state index in [4.69, 9.17) is 0 Å². The Morgan fingerprint density at radius 3 is 2.57 bits per heavy atom. The van der Waals surface area contributed by atoms with Crippen molar-refractivity contribution < 1.29 is 14.4 Å². The zero-order valence-corrected chi connectivity index (χ0v) is 17.6. The molecular formula is C22H27N5O3. The molecule has 3 amide bonds. The van der Waals surface area contributed by atoms with Gasteiger partial charge < -0.3 is 19.3 Å². The van der Waals surface area contributed by atoms with Gasteiger partial charge in [-0.1, -0.05) is 30.3 Å². The first-order chi connectivity index (χ1) is 14.4. The van der Waals surface area contributed by atoms with Crippen LogP contribution in [0.15, 0.2) is 36.7 Å². The van der Waals surface area contributed by atoms with Crippen molar-refractivity contribution in [3.05, 3.63) is 53.6 Å². The summed E-state index contributed by atoms with van der Waals surface area (Å²) in [6, 6.07) is 9.71. The number of hydrogen-bond donors (Lipinski definition) is 0. The molecule has 2 aliphatic heterocycles. The molecule has 8 nitrogen and oxygen atoms in total. The van der Waals surface area contributed by atoms with Crippen molar-refractivity contribution in [2.75, 3.05) is 33.2 Å². The average Bonchev–Trinajstić information content (AvgIpc) is 3.34. The Morgan fingerprint density at radius 1 is 1.17 bits per heavy atom. The van der Waals surface area contributed by atoms with Crippen molar-refractivity contribution in [1.82, 2.24) is 24.3 Å². The summed E-state index contributed by atoms with van der Waals surface area (Å²) >= 11 is 0. The van der Waals surface area contributed by atoms with E-state index in [-0.39, 0.29) is 35.4 Å². The minimum atomic E-state index is -0.253. The molecule has 0 unspecified atom stereocenters. The molecule has 0 spiro atoms. The summed E-state index contributed by atoms with van der Waals surface area (Å²) in [6.45, 7) is 6.12. The van der Waals surface area contributed by atoms with Crippen molar-refractivity contribution >= 4 is 17.7 Å². The predicted octanol–water partition coefficient (Wildman–Crippen LogP) is 1.65. The lowest BCUT2D eigenvalue weighted by atomic mass is 10.0. The van der Waals surface area contributed by atoms with Crippen molar-refractivity contribution in [2.45, 2.75) is 26.4 Å². The van der Waals surface area contributed by atoms with Gasteiger partial charge in [-0.05, 0) is 12.5 Å². The molecule has 4 rings (SSSR count). The third kappa shape index (κ3) is 3.46. The van der Waals surface area contributed by atoms with Gasteiger partial charge in [-0.25, -0.2) is 4.98 Å². The van der Waals surface area contributed by atoms with E-state index < -0.39 is 0 Å². The summed E-state index contributed by atoms with van der Waals surface area (Å²) in [5, 5.41) is 0. The summed E-state index contributed by atoms with van der Waals surface area (Å²) in [6.07, 6.45) is 1.59. The first kappa shape index (κ1) is 20.1. The second-order valence-corrected chi connectivity index (χ2v) is 8.09. The lowest BCUT2D eigenvalue weighted by molar-refractivity contribution is -0.128. The third-order valence-corrected chi connectivity index (χ3v) is 6.15. The maximum absolute atomic E-state index is 13.4. The number of aromatic nitrogens is 2. The van der Waals surface area contributed by atoms with Gasteiger partial charge in [0.05, 0.1) is 12.4 Å². The molecule has 3 heterocycles. The quantitative estimate of drug-likeness (QED) is 0.769. The highest BCUT2D eigenvalue weighted by molar-refractivity contribution is 6.05. The molecular weight excluding hydrogens is 382 g/mol. The van der Waals surface area contributed by atoms with Gasteiger partial charge in [-0.3, -0.25) is 14.4 Å². The van der Waals surface area contributed by atoms with Crippen molar-refractivity contribution in [1.29, 1.82) is 0 Å². The van der Waals surface area contributed by atoms with Crippen molar-refractivity contribution in [3.8, 4) is 0 Å². The van der Waals surface area contributed by atoms with Gasteiger partial charge in [-0.2, -0.15) is 0 Å². The normalized spacial score (nSPS) is 20.6. The van der Waals surface area contributed by atoms with Gasteiger partial charge in [0, 0.05) is 52.6 Å². The van der Waals surface area contributed by atoms with E-state index in [1.165, 1.54) is 0 Å². The number of nitrogens with zero attached hydrogens (tertiary/aromatic N) is 5. The van der Waals surface area contributed by atoms with Crippen LogP contribution in [0.2, 0.25) is 0 Å². The van der Waals surface area contributed by atoms with Crippen LogP contribution in [-0.4, -0.2) is 75.2 Å². The van der Waals surface area contributed by atoms with Crippen LogP contribution in [0.3, 0.4) is 0 Å². The molecule has 0 bridgehead atoms. The number of imidazole rings is 1. The Bertz CT molecular complexity index is 970. The van der Waals surface area contributed by atoms with E-state index in [0.717, 1.165) is 5.56 Å². The van der Waals surface area contributed by atoms with Crippen LogP contribution >= 0.6 is 0 Å². The molecule has 0 aliphatic carbocycles. The zero-order valence-electron chi connectivity index (χ0n) is 17.6. The van der Waals surface area contributed by atoms with Gasteiger partial charge >= 0.3 is 0 Å². The first-order valence-electron chi connectivity index (χ1n) is 10.3. The van der Waals surface area contributed by atoms with Gasteiger partial charge in [0.1, 0.15) is 5.69 Å². The van der Waals surface area contributed by atoms with Crippen LogP contribution in [0.5, 0.6) is 0 Å².